The minimum Gasteiger partial charge on any atom is -0.395 e. The lowest BCUT2D eigenvalue weighted by Gasteiger charge is -2.04. The highest BCUT2D eigenvalue weighted by Crippen LogP contribution is 2.05. The minimum atomic E-state index is -0.329. The van der Waals surface area contributed by atoms with Gasteiger partial charge in [-0.1, -0.05) is 17.0 Å². The van der Waals surface area contributed by atoms with Crippen LogP contribution in [0.3, 0.4) is 0 Å². The van der Waals surface area contributed by atoms with Gasteiger partial charge in [-0.25, -0.2) is 4.98 Å². The molecule has 0 aliphatic heterocycles. The van der Waals surface area contributed by atoms with Gasteiger partial charge in [0.05, 0.1) is 18.7 Å². The molecule has 0 aliphatic carbocycles. The van der Waals surface area contributed by atoms with Gasteiger partial charge in [-0.15, -0.1) is 0 Å². The van der Waals surface area contributed by atoms with Gasteiger partial charge in [-0.3, -0.25) is 4.79 Å². The molecule has 0 radical (unpaired) electrons. The number of carbonyl (C=O) groups excluding carboxylic acids is 1. The van der Waals surface area contributed by atoms with E-state index in [1.165, 1.54) is 6.20 Å². The monoisotopic (exact) mass is 285 g/mol. The van der Waals surface area contributed by atoms with Crippen molar-refractivity contribution in [2.45, 2.75) is 19.9 Å². The van der Waals surface area contributed by atoms with Crippen molar-refractivity contribution in [3.63, 3.8) is 0 Å². The highest BCUT2D eigenvalue weighted by atomic mass is 16.5. The van der Waals surface area contributed by atoms with Crippen molar-refractivity contribution in [2.24, 2.45) is 0 Å². The zero-order valence-corrected chi connectivity index (χ0v) is 11.6. The largest absolute Gasteiger partial charge is 0.395 e. The molecule has 2 rings (SSSR count). The van der Waals surface area contributed by atoms with Crippen LogP contribution in [0.25, 0.3) is 0 Å². The number of nitrogens with zero attached hydrogens (tertiary/aromatic N) is 2. The Morgan fingerprint density at radius 3 is 3.10 bits per heavy atom. The molecule has 2 heterocycles. The van der Waals surface area contributed by atoms with Gasteiger partial charge in [0.2, 0.25) is 0 Å². The van der Waals surface area contributed by atoms with Crippen LogP contribution in [0.4, 0.5) is 0 Å². The average Bonchev–Trinajstić information content (AvgIpc) is 2.91. The van der Waals surface area contributed by atoms with Crippen LogP contribution >= 0.6 is 0 Å². The first-order valence-corrected chi connectivity index (χ1v) is 6.46. The second kappa shape index (κ2) is 7.22. The number of carbonyl (C=O) groups is 1. The first-order valence-electron chi connectivity index (χ1n) is 6.46. The zero-order valence-electron chi connectivity index (χ0n) is 11.6. The number of rotatable bonds is 4. The van der Waals surface area contributed by atoms with E-state index in [2.05, 4.69) is 27.3 Å². The van der Waals surface area contributed by atoms with Crippen molar-refractivity contribution in [3.05, 3.63) is 47.1 Å². The van der Waals surface area contributed by atoms with Crippen LogP contribution in [-0.4, -0.2) is 27.8 Å². The summed E-state index contributed by atoms with van der Waals surface area (Å²) >= 11 is 0. The molecule has 6 nitrogen and oxygen atoms in total. The topological polar surface area (TPSA) is 88.2 Å². The number of hydrogen-bond acceptors (Lipinski definition) is 5. The molecular formula is C15H15N3O3. The Morgan fingerprint density at radius 1 is 1.52 bits per heavy atom. The summed E-state index contributed by atoms with van der Waals surface area (Å²) in [4.78, 5) is 16.2. The molecule has 21 heavy (non-hydrogen) atoms. The molecule has 2 N–H and O–H groups in total. The third kappa shape index (κ3) is 4.16. The lowest BCUT2D eigenvalue weighted by molar-refractivity contribution is 0.0945. The molecular weight excluding hydrogens is 270 g/mol. The number of pyridine rings is 1. The van der Waals surface area contributed by atoms with Gasteiger partial charge >= 0.3 is 0 Å². The fourth-order valence-corrected chi connectivity index (χ4v) is 1.66. The maximum absolute atomic E-state index is 12.1. The summed E-state index contributed by atoms with van der Waals surface area (Å²) in [5, 5.41) is 15.2. The van der Waals surface area contributed by atoms with E-state index in [9.17, 15) is 4.79 Å². The highest BCUT2D eigenvalue weighted by molar-refractivity contribution is 5.94. The molecule has 0 saturated carbocycles. The fourth-order valence-electron chi connectivity index (χ4n) is 1.66. The smallest absolute Gasteiger partial charge is 0.271 e. The Balaban J connectivity index is 2.07. The van der Waals surface area contributed by atoms with E-state index in [1.54, 1.807) is 25.1 Å². The summed E-state index contributed by atoms with van der Waals surface area (Å²) in [7, 11) is 0. The van der Waals surface area contributed by atoms with E-state index >= 15 is 0 Å². The van der Waals surface area contributed by atoms with Crippen molar-refractivity contribution in [2.75, 3.05) is 6.61 Å². The SMILES string of the molecule is Cc1cc(CNC(=O)c2ncccc2C#CCCO)no1. The number of hydrogen-bond donors (Lipinski definition) is 2. The summed E-state index contributed by atoms with van der Waals surface area (Å²) in [5.74, 6) is 5.96. The van der Waals surface area contributed by atoms with Crippen LogP contribution in [-0.2, 0) is 6.54 Å². The van der Waals surface area contributed by atoms with Crippen molar-refractivity contribution in [1.82, 2.24) is 15.5 Å². The van der Waals surface area contributed by atoms with Crippen molar-refractivity contribution >= 4 is 5.91 Å². The van der Waals surface area contributed by atoms with E-state index in [0.29, 0.717) is 23.4 Å². The van der Waals surface area contributed by atoms with E-state index in [0.717, 1.165) is 0 Å². The molecule has 0 aromatic carbocycles. The first kappa shape index (κ1) is 14.8. The van der Waals surface area contributed by atoms with Crippen LogP contribution in [0.1, 0.15) is 33.9 Å². The Bertz CT molecular complexity index is 683. The van der Waals surface area contributed by atoms with Crippen LogP contribution in [0, 0.1) is 18.8 Å². The van der Waals surface area contributed by atoms with E-state index < -0.39 is 0 Å². The fraction of sp³-hybridized carbons (Fsp3) is 0.267. The summed E-state index contributed by atoms with van der Waals surface area (Å²) in [6, 6.07) is 5.17. The van der Waals surface area contributed by atoms with Crippen LogP contribution in [0.15, 0.2) is 28.9 Å². The predicted octanol–water partition coefficient (Wildman–Crippen LogP) is 1.04. The summed E-state index contributed by atoms with van der Waals surface area (Å²) < 4.78 is 4.93. The van der Waals surface area contributed by atoms with Gasteiger partial charge in [0.25, 0.3) is 5.91 Å². The molecule has 6 heteroatoms. The van der Waals surface area contributed by atoms with Gasteiger partial charge < -0.3 is 14.9 Å². The summed E-state index contributed by atoms with van der Waals surface area (Å²) in [6.45, 7) is 2.03. The number of nitrogens with one attached hydrogen (secondary N) is 1. The predicted molar refractivity (Wildman–Crippen MR) is 75.2 cm³/mol. The Kier molecular flexibility index (Phi) is 5.07. The molecule has 1 amide bonds. The van der Waals surface area contributed by atoms with E-state index in [4.69, 9.17) is 9.63 Å². The summed E-state index contributed by atoms with van der Waals surface area (Å²) in [6.07, 6.45) is 1.89. The molecule has 0 bridgehead atoms. The van der Waals surface area contributed by atoms with Gasteiger partial charge in [-0.2, -0.15) is 0 Å². The van der Waals surface area contributed by atoms with Gasteiger partial charge in [0.15, 0.2) is 0 Å². The standard InChI is InChI=1S/C15H15N3O3/c1-11-9-13(18-21-11)10-17-15(20)14-12(5-2-3-8-19)6-4-7-16-14/h4,6-7,9,19H,3,8,10H2,1H3,(H,17,20). The van der Waals surface area contributed by atoms with E-state index in [1.807, 2.05) is 0 Å². The van der Waals surface area contributed by atoms with E-state index in [-0.39, 0.29) is 24.8 Å². The Morgan fingerprint density at radius 2 is 2.38 bits per heavy atom. The number of aliphatic hydroxyl groups is 1. The Hall–Kier alpha value is -2.65. The van der Waals surface area contributed by atoms with Crippen LogP contribution in [0.5, 0.6) is 0 Å². The minimum absolute atomic E-state index is 0.0136. The summed E-state index contributed by atoms with van der Waals surface area (Å²) in [5.41, 5.74) is 1.42. The lowest BCUT2D eigenvalue weighted by Crippen LogP contribution is -2.24. The van der Waals surface area contributed by atoms with Crippen molar-refractivity contribution < 1.29 is 14.4 Å². The molecule has 0 saturated heterocycles. The lowest BCUT2D eigenvalue weighted by atomic mass is 10.2. The molecule has 0 unspecified atom stereocenters. The molecule has 2 aromatic heterocycles. The zero-order chi connectivity index (χ0) is 15.1. The molecule has 2 aromatic rings. The van der Waals surface area contributed by atoms with Crippen LogP contribution in [0.2, 0.25) is 0 Å². The molecule has 0 spiro atoms. The number of amides is 1. The van der Waals surface area contributed by atoms with Gasteiger partial charge in [-0.05, 0) is 19.1 Å². The maximum atomic E-state index is 12.1. The second-order valence-corrected chi connectivity index (χ2v) is 4.29. The maximum Gasteiger partial charge on any atom is 0.271 e. The highest BCUT2D eigenvalue weighted by Gasteiger charge is 2.12. The third-order valence-electron chi connectivity index (χ3n) is 2.59. The van der Waals surface area contributed by atoms with Crippen LogP contribution < -0.4 is 5.32 Å². The number of aliphatic hydroxyl groups excluding tert-OH is 1. The average molecular weight is 285 g/mol. The van der Waals surface area contributed by atoms with Gasteiger partial charge in [0.1, 0.15) is 17.1 Å². The number of aryl methyl sites for hydroxylation is 1. The third-order valence-corrected chi connectivity index (χ3v) is 2.59. The molecule has 0 atom stereocenters. The van der Waals surface area contributed by atoms with Crippen molar-refractivity contribution in [1.29, 1.82) is 0 Å². The van der Waals surface area contributed by atoms with Gasteiger partial charge in [0, 0.05) is 18.7 Å². The number of aromatic nitrogens is 2. The molecule has 0 fully saturated rings. The Labute approximate surface area is 122 Å². The normalized spacial score (nSPS) is 9.81. The quantitative estimate of drug-likeness (QED) is 0.819. The van der Waals surface area contributed by atoms with Crippen molar-refractivity contribution in [3.8, 4) is 11.8 Å². The molecule has 108 valence electrons. The molecule has 0 aliphatic rings. The first-order chi connectivity index (χ1) is 10.2. The second-order valence-electron chi connectivity index (χ2n) is 4.29.